The van der Waals surface area contributed by atoms with Crippen molar-refractivity contribution in [1.82, 2.24) is 0 Å². The molecule has 26 heavy (non-hydrogen) atoms. The molecule has 0 saturated carbocycles. The highest BCUT2D eigenvalue weighted by molar-refractivity contribution is 6.05. The molecule has 3 heteroatoms. The molecule has 4 rings (SSSR count). The molecule has 3 aromatic carbocycles. The lowest BCUT2D eigenvalue weighted by Gasteiger charge is -2.12. The third-order valence-electron chi connectivity index (χ3n) is 4.82. The molecule has 0 bridgehead atoms. The number of rotatable bonds is 4. The second kappa shape index (κ2) is 7.04. The molecule has 1 aliphatic rings. The Hall–Kier alpha value is -3.07. The Kier molecular flexibility index (Phi) is 4.44. The third-order valence-corrected chi connectivity index (χ3v) is 4.82. The van der Waals surface area contributed by atoms with Crippen molar-refractivity contribution in [2.45, 2.75) is 19.8 Å². The number of hydrogen-bond donors (Lipinski definition) is 1. The molecule has 1 N–H and O–H groups in total. The van der Waals surface area contributed by atoms with Gasteiger partial charge < -0.3 is 10.1 Å². The van der Waals surface area contributed by atoms with Crippen molar-refractivity contribution in [3.8, 4) is 16.9 Å². The first-order chi connectivity index (χ1) is 12.8. The standard InChI is InChI=1S/C23H21NO2/c1-2-16-15-18(11-12-19(16)17-7-4-3-5-8-17)23(25)24-21-9-6-10-22-20(21)13-14-26-22/h3-12,15H,2,13-14H2,1H3,(H,24,25). The van der Waals surface area contributed by atoms with Crippen LogP contribution < -0.4 is 10.1 Å². The molecule has 0 radical (unpaired) electrons. The zero-order valence-corrected chi connectivity index (χ0v) is 14.8. The number of ether oxygens (including phenoxy) is 1. The molecule has 0 unspecified atom stereocenters. The van der Waals surface area contributed by atoms with Gasteiger partial charge in [-0.25, -0.2) is 0 Å². The van der Waals surface area contributed by atoms with E-state index >= 15 is 0 Å². The number of carbonyl (C=O) groups excluding carboxylic acids is 1. The molecule has 0 saturated heterocycles. The number of benzene rings is 3. The first-order valence-corrected chi connectivity index (χ1v) is 9.00. The summed E-state index contributed by atoms with van der Waals surface area (Å²) in [6, 6.07) is 22.0. The van der Waals surface area contributed by atoms with Crippen LogP contribution in [0.15, 0.2) is 66.7 Å². The summed E-state index contributed by atoms with van der Waals surface area (Å²) in [6.45, 7) is 2.79. The summed E-state index contributed by atoms with van der Waals surface area (Å²) in [4.78, 5) is 12.8. The van der Waals surface area contributed by atoms with Gasteiger partial charge in [0.15, 0.2) is 0 Å². The van der Waals surface area contributed by atoms with Crippen molar-refractivity contribution in [2.75, 3.05) is 11.9 Å². The minimum absolute atomic E-state index is 0.0837. The Bertz CT molecular complexity index is 948. The summed E-state index contributed by atoms with van der Waals surface area (Å²) in [5.41, 5.74) is 6.13. The minimum atomic E-state index is -0.0837. The van der Waals surface area contributed by atoms with Gasteiger partial charge in [-0.15, -0.1) is 0 Å². The van der Waals surface area contributed by atoms with Crippen molar-refractivity contribution in [1.29, 1.82) is 0 Å². The fourth-order valence-electron chi connectivity index (χ4n) is 3.46. The van der Waals surface area contributed by atoms with Gasteiger partial charge in [-0.2, -0.15) is 0 Å². The number of nitrogens with one attached hydrogen (secondary N) is 1. The number of carbonyl (C=O) groups is 1. The largest absolute Gasteiger partial charge is 0.493 e. The second-order valence-electron chi connectivity index (χ2n) is 6.43. The normalized spacial score (nSPS) is 12.3. The first-order valence-electron chi connectivity index (χ1n) is 9.00. The topological polar surface area (TPSA) is 38.3 Å². The van der Waals surface area contributed by atoms with Crippen LogP contribution in [-0.2, 0) is 12.8 Å². The van der Waals surface area contributed by atoms with Gasteiger partial charge in [-0.3, -0.25) is 4.79 Å². The lowest BCUT2D eigenvalue weighted by Crippen LogP contribution is -2.13. The van der Waals surface area contributed by atoms with Gasteiger partial charge in [0, 0.05) is 23.2 Å². The van der Waals surface area contributed by atoms with E-state index in [1.54, 1.807) is 0 Å². The van der Waals surface area contributed by atoms with E-state index in [0.29, 0.717) is 12.2 Å². The number of hydrogen-bond acceptors (Lipinski definition) is 2. The van der Waals surface area contributed by atoms with Gasteiger partial charge in [0.1, 0.15) is 5.75 Å². The summed E-state index contributed by atoms with van der Waals surface area (Å²) in [5, 5.41) is 3.05. The number of aryl methyl sites for hydroxylation is 1. The van der Waals surface area contributed by atoms with Crippen LogP contribution in [0.25, 0.3) is 11.1 Å². The highest BCUT2D eigenvalue weighted by atomic mass is 16.5. The highest BCUT2D eigenvalue weighted by Gasteiger charge is 2.18. The number of fused-ring (bicyclic) bond motifs is 1. The Morgan fingerprint density at radius 2 is 1.88 bits per heavy atom. The molecule has 3 aromatic rings. The van der Waals surface area contributed by atoms with Gasteiger partial charge in [-0.1, -0.05) is 49.4 Å². The average molecular weight is 343 g/mol. The monoisotopic (exact) mass is 343 g/mol. The fraction of sp³-hybridized carbons (Fsp3) is 0.174. The van der Waals surface area contributed by atoms with Crippen molar-refractivity contribution < 1.29 is 9.53 Å². The fourth-order valence-corrected chi connectivity index (χ4v) is 3.46. The van der Waals surface area contributed by atoms with E-state index in [2.05, 4.69) is 24.4 Å². The van der Waals surface area contributed by atoms with Crippen LogP contribution in [-0.4, -0.2) is 12.5 Å². The lowest BCUT2D eigenvalue weighted by molar-refractivity contribution is 0.102. The molecule has 1 aliphatic heterocycles. The van der Waals surface area contributed by atoms with Crippen LogP contribution in [0.3, 0.4) is 0 Å². The minimum Gasteiger partial charge on any atom is -0.493 e. The van der Waals surface area contributed by atoms with Crippen LogP contribution in [0.5, 0.6) is 5.75 Å². The predicted octanol–water partition coefficient (Wildman–Crippen LogP) is 5.10. The molecule has 0 spiro atoms. The Morgan fingerprint density at radius 3 is 2.69 bits per heavy atom. The average Bonchev–Trinajstić information content (AvgIpc) is 3.18. The Labute approximate surface area is 153 Å². The van der Waals surface area contributed by atoms with E-state index in [4.69, 9.17) is 4.74 Å². The SMILES string of the molecule is CCc1cc(C(=O)Nc2cccc3c2CCO3)ccc1-c1ccccc1. The smallest absolute Gasteiger partial charge is 0.255 e. The first kappa shape index (κ1) is 16.4. The second-order valence-corrected chi connectivity index (χ2v) is 6.43. The molecule has 1 heterocycles. The van der Waals surface area contributed by atoms with E-state index in [9.17, 15) is 4.79 Å². The Morgan fingerprint density at radius 1 is 1.04 bits per heavy atom. The van der Waals surface area contributed by atoms with Crippen LogP contribution in [0.2, 0.25) is 0 Å². The van der Waals surface area contributed by atoms with Crippen molar-refractivity contribution in [2.24, 2.45) is 0 Å². The quantitative estimate of drug-likeness (QED) is 0.715. The van der Waals surface area contributed by atoms with E-state index in [1.165, 1.54) is 16.7 Å². The van der Waals surface area contributed by atoms with Crippen molar-refractivity contribution in [3.05, 3.63) is 83.4 Å². The maximum atomic E-state index is 12.8. The number of amides is 1. The van der Waals surface area contributed by atoms with Gasteiger partial charge in [0.25, 0.3) is 5.91 Å². The highest BCUT2D eigenvalue weighted by Crippen LogP contribution is 2.32. The van der Waals surface area contributed by atoms with E-state index in [-0.39, 0.29) is 5.91 Å². The summed E-state index contributed by atoms with van der Waals surface area (Å²) < 4.78 is 5.58. The number of anilines is 1. The van der Waals surface area contributed by atoms with E-state index in [0.717, 1.165) is 29.8 Å². The molecule has 0 atom stereocenters. The van der Waals surface area contributed by atoms with Crippen LogP contribution in [0.4, 0.5) is 5.69 Å². The molecule has 0 aliphatic carbocycles. The molecule has 0 fully saturated rings. The summed E-state index contributed by atoms with van der Waals surface area (Å²) in [5.74, 6) is 0.788. The van der Waals surface area contributed by atoms with Gasteiger partial charge in [0.2, 0.25) is 0 Å². The van der Waals surface area contributed by atoms with Crippen LogP contribution in [0.1, 0.15) is 28.4 Å². The zero-order chi connectivity index (χ0) is 17.9. The maximum Gasteiger partial charge on any atom is 0.255 e. The van der Waals surface area contributed by atoms with Crippen LogP contribution in [0, 0.1) is 0 Å². The van der Waals surface area contributed by atoms with Crippen molar-refractivity contribution in [3.63, 3.8) is 0 Å². The third kappa shape index (κ3) is 3.08. The summed E-state index contributed by atoms with van der Waals surface area (Å²) >= 11 is 0. The maximum absolute atomic E-state index is 12.8. The van der Waals surface area contributed by atoms with E-state index in [1.807, 2.05) is 54.6 Å². The zero-order valence-electron chi connectivity index (χ0n) is 14.8. The van der Waals surface area contributed by atoms with Crippen molar-refractivity contribution >= 4 is 11.6 Å². The Balaban J connectivity index is 1.62. The molecular formula is C23H21NO2. The molecular weight excluding hydrogens is 322 g/mol. The molecule has 1 amide bonds. The summed E-state index contributed by atoms with van der Waals surface area (Å²) in [6.07, 6.45) is 1.71. The summed E-state index contributed by atoms with van der Waals surface area (Å²) in [7, 11) is 0. The lowest BCUT2D eigenvalue weighted by atomic mass is 9.96. The van der Waals surface area contributed by atoms with Gasteiger partial charge in [0.05, 0.1) is 6.61 Å². The molecule has 3 nitrogen and oxygen atoms in total. The van der Waals surface area contributed by atoms with Gasteiger partial charge >= 0.3 is 0 Å². The van der Waals surface area contributed by atoms with Crippen LogP contribution >= 0.6 is 0 Å². The molecule has 0 aromatic heterocycles. The van der Waals surface area contributed by atoms with Gasteiger partial charge in [-0.05, 0) is 47.4 Å². The predicted molar refractivity (Wildman–Crippen MR) is 105 cm³/mol. The van der Waals surface area contributed by atoms with E-state index < -0.39 is 0 Å². The molecule has 130 valence electrons.